The Morgan fingerprint density at radius 3 is 2.95 bits per heavy atom. The molecule has 5 nitrogen and oxygen atoms in total. The molecule has 6 heteroatoms. The van der Waals surface area contributed by atoms with Gasteiger partial charge in [-0.3, -0.25) is 4.79 Å². The summed E-state index contributed by atoms with van der Waals surface area (Å²) in [7, 11) is 0. The first-order chi connectivity index (χ1) is 9.74. The molecule has 0 aliphatic heterocycles. The van der Waals surface area contributed by atoms with Crippen molar-refractivity contribution in [3.63, 3.8) is 0 Å². The average molecular weight is 282 g/mol. The van der Waals surface area contributed by atoms with Crippen molar-refractivity contribution < 1.29 is 0 Å². The zero-order chi connectivity index (χ0) is 14.1. The number of H-pyrrole nitrogens is 2. The molecule has 98 valence electrons. The van der Waals surface area contributed by atoms with Crippen molar-refractivity contribution in [1.29, 1.82) is 5.26 Å². The maximum atomic E-state index is 12.0. The monoisotopic (exact) mass is 282 g/mol. The number of thioether (sulfide) groups is 1. The van der Waals surface area contributed by atoms with Crippen molar-refractivity contribution in [3.05, 3.63) is 46.4 Å². The van der Waals surface area contributed by atoms with Gasteiger partial charge < -0.3 is 9.97 Å². The Morgan fingerprint density at radius 2 is 2.20 bits per heavy atom. The SMILES string of the molecule is CSc1nc(-c2cccc3[nH]ccc23)c(C#N)c(=O)[nH]1. The minimum Gasteiger partial charge on any atom is -0.361 e. The number of aromatic nitrogens is 3. The van der Waals surface area contributed by atoms with E-state index < -0.39 is 5.56 Å². The fourth-order valence-electron chi connectivity index (χ4n) is 2.14. The Kier molecular flexibility index (Phi) is 3.05. The summed E-state index contributed by atoms with van der Waals surface area (Å²) in [4.78, 5) is 22.1. The zero-order valence-corrected chi connectivity index (χ0v) is 11.4. The van der Waals surface area contributed by atoms with Gasteiger partial charge in [0.15, 0.2) is 5.16 Å². The molecule has 0 saturated heterocycles. The first-order valence-electron chi connectivity index (χ1n) is 5.89. The van der Waals surface area contributed by atoms with Crippen LogP contribution in [0.2, 0.25) is 0 Å². The lowest BCUT2D eigenvalue weighted by Gasteiger charge is -2.06. The van der Waals surface area contributed by atoms with Crippen molar-refractivity contribution in [1.82, 2.24) is 15.0 Å². The van der Waals surface area contributed by atoms with E-state index in [4.69, 9.17) is 0 Å². The Hall–Kier alpha value is -2.52. The van der Waals surface area contributed by atoms with Crippen LogP contribution in [0.25, 0.3) is 22.2 Å². The predicted molar refractivity (Wildman–Crippen MR) is 78.6 cm³/mol. The van der Waals surface area contributed by atoms with Gasteiger partial charge in [-0.05, 0) is 18.4 Å². The lowest BCUT2D eigenvalue weighted by Crippen LogP contribution is -2.14. The Balaban J connectivity index is 2.39. The van der Waals surface area contributed by atoms with Crippen LogP contribution in [0.15, 0.2) is 40.4 Å². The first-order valence-corrected chi connectivity index (χ1v) is 7.12. The molecule has 1 aromatic carbocycles. The van der Waals surface area contributed by atoms with Gasteiger partial charge in [0.05, 0.1) is 5.69 Å². The van der Waals surface area contributed by atoms with Gasteiger partial charge in [0.1, 0.15) is 11.6 Å². The van der Waals surface area contributed by atoms with Crippen LogP contribution in [0.5, 0.6) is 0 Å². The molecule has 0 spiro atoms. The summed E-state index contributed by atoms with van der Waals surface area (Å²) in [6, 6.07) is 9.53. The van der Waals surface area contributed by atoms with Gasteiger partial charge in [-0.15, -0.1) is 0 Å². The largest absolute Gasteiger partial charge is 0.361 e. The van der Waals surface area contributed by atoms with Crippen molar-refractivity contribution >= 4 is 22.7 Å². The molecule has 0 bridgehead atoms. The first kappa shape index (κ1) is 12.5. The number of fused-ring (bicyclic) bond motifs is 1. The minimum atomic E-state index is -0.408. The number of hydrogen-bond donors (Lipinski definition) is 2. The number of nitrogens with one attached hydrogen (secondary N) is 2. The summed E-state index contributed by atoms with van der Waals surface area (Å²) in [6.45, 7) is 0. The fraction of sp³-hybridized carbons (Fsp3) is 0.0714. The second-order valence-electron chi connectivity index (χ2n) is 4.16. The minimum absolute atomic E-state index is 0.0384. The highest BCUT2D eigenvalue weighted by molar-refractivity contribution is 7.98. The molecule has 2 N–H and O–H groups in total. The van der Waals surface area contributed by atoms with E-state index in [0.29, 0.717) is 10.9 Å². The summed E-state index contributed by atoms with van der Waals surface area (Å²) >= 11 is 1.33. The van der Waals surface area contributed by atoms with E-state index in [9.17, 15) is 10.1 Å². The van der Waals surface area contributed by atoms with Crippen molar-refractivity contribution in [2.45, 2.75) is 5.16 Å². The molecule has 0 saturated carbocycles. The highest BCUT2D eigenvalue weighted by Crippen LogP contribution is 2.28. The highest BCUT2D eigenvalue weighted by Gasteiger charge is 2.15. The van der Waals surface area contributed by atoms with E-state index in [2.05, 4.69) is 15.0 Å². The smallest absolute Gasteiger partial charge is 0.270 e. The van der Waals surface area contributed by atoms with Crippen LogP contribution in [0.3, 0.4) is 0 Å². The van der Waals surface area contributed by atoms with Gasteiger partial charge in [0.25, 0.3) is 5.56 Å². The van der Waals surface area contributed by atoms with Crippen LogP contribution in [0, 0.1) is 11.3 Å². The van der Waals surface area contributed by atoms with Crippen molar-refractivity contribution in [2.75, 3.05) is 6.26 Å². The van der Waals surface area contributed by atoms with Gasteiger partial charge in [-0.1, -0.05) is 23.9 Å². The van der Waals surface area contributed by atoms with E-state index in [1.807, 2.05) is 42.8 Å². The normalized spacial score (nSPS) is 10.6. The van der Waals surface area contributed by atoms with Gasteiger partial charge in [0.2, 0.25) is 0 Å². The quantitative estimate of drug-likeness (QED) is 0.558. The number of nitriles is 1. The highest BCUT2D eigenvalue weighted by atomic mass is 32.2. The molecule has 0 aliphatic carbocycles. The van der Waals surface area contributed by atoms with E-state index in [-0.39, 0.29) is 5.56 Å². The Bertz CT molecular complexity index is 888. The summed E-state index contributed by atoms with van der Waals surface area (Å²) in [5.74, 6) is 0. The molecule has 3 rings (SSSR count). The maximum Gasteiger partial charge on any atom is 0.270 e. The van der Waals surface area contributed by atoms with Crippen LogP contribution >= 0.6 is 11.8 Å². The molecule has 20 heavy (non-hydrogen) atoms. The van der Waals surface area contributed by atoms with Crippen LogP contribution < -0.4 is 5.56 Å². The molecule has 0 amide bonds. The number of hydrogen-bond acceptors (Lipinski definition) is 4. The van der Waals surface area contributed by atoms with Crippen molar-refractivity contribution in [2.24, 2.45) is 0 Å². The number of nitrogens with zero attached hydrogens (tertiary/aromatic N) is 2. The maximum absolute atomic E-state index is 12.0. The lowest BCUT2D eigenvalue weighted by molar-refractivity contribution is 0.938. The molecule has 3 aromatic rings. The standard InChI is InChI=1S/C14H10N4OS/c1-20-14-17-12(10(7-15)13(19)18-14)9-3-2-4-11-8(9)5-6-16-11/h2-6,16H,1H3,(H,17,18,19). The van der Waals surface area contributed by atoms with Crippen LogP contribution in [-0.4, -0.2) is 21.2 Å². The van der Waals surface area contributed by atoms with E-state index in [1.54, 1.807) is 0 Å². The van der Waals surface area contributed by atoms with Gasteiger partial charge in [-0.2, -0.15) is 5.26 Å². The zero-order valence-electron chi connectivity index (χ0n) is 10.6. The molecule has 2 heterocycles. The Morgan fingerprint density at radius 1 is 1.35 bits per heavy atom. The van der Waals surface area contributed by atoms with Gasteiger partial charge in [-0.25, -0.2) is 4.98 Å². The number of rotatable bonds is 2. The van der Waals surface area contributed by atoms with Crippen LogP contribution in [-0.2, 0) is 0 Å². The molecular formula is C14H10N4OS. The second-order valence-corrected chi connectivity index (χ2v) is 4.95. The van der Waals surface area contributed by atoms with E-state index in [1.165, 1.54) is 11.8 Å². The second kappa shape index (κ2) is 4.87. The third kappa shape index (κ3) is 1.89. The molecular weight excluding hydrogens is 272 g/mol. The molecule has 0 radical (unpaired) electrons. The number of benzene rings is 1. The average Bonchev–Trinajstić information content (AvgIpc) is 2.94. The summed E-state index contributed by atoms with van der Waals surface area (Å²) < 4.78 is 0. The fourth-order valence-corrected chi connectivity index (χ4v) is 2.52. The molecule has 0 aliphatic rings. The van der Waals surface area contributed by atoms with Crippen LogP contribution in [0.4, 0.5) is 0 Å². The van der Waals surface area contributed by atoms with Gasteiger partial charge >= 0.3 is 0 Å². The predicted octanol–water partition coefficient (Wildman–Crippen LogP) is 2.51. The van der Waals surface area contributed by atoms with E-state index in [0.717, 1.165) is 16.5 Å². The summed E-state index contributed by atoms with van der Waals surface area (Å²) in [5.41, 5.74) is 1.78. The summed E-state index contributed by atoms with van der Waals surface area (Å²) in [5, 5.41) is 10.7. The topological polar surface area (TPSA) is 85.3 Å². The van der Waals surface area contributed by atoms with Crippen molar-refractivity contribution in [3.8, 4) is 17.3 Å². The third-order valence-corrected chi connectivity index (χ3v) is 3.63. The van der Waals surface area contributed by atoms with Crippen LogP contribution in [0.1, 0.15) is 5.56 Å². The van der Waals surface area contributed by atoms with E-state index >= 15 is 0 Å². The number of aromatic amines is 2. The molecule has 0 atom stereocenters. The summed E-state index contributed by atoms with van der Waals surface area (Å²) in [6.07, 6.45) is 3.65. The Labute approximate surface area is 118 Å². The molecule has 0 unspecified atom stereocenters. The molecule has 2 aromatic heterocycles. The third-order valence-electron chi connectivity index (χ3n) is 3.05. The van der Waals surface area contributed by atoms with Gasteiger partial charge in [0, 0.05) is 22.7 Å². The molecule has 0 fully saturated rings. The lowest BCUT2D eigenvalue weighted by atomic mass is 10.0.